The SMILES string of the molecule is CCOc1cccc2c1nc(N)n2CC1CCCC1C. The maximum atomic E-state index is 6.14. The van der Waals surface area contributed by atoms with Crippen LogP contribution in [0.25, 0.3) is 11.0 Å². The molecule has 0 spiro atoms. The van der Waals surface area contributed by atoms with Crippen LogP contribution < -0.4 is 10.5 Å². The second kappa shape index (κ2) is 5.35. The summed E-state index contributed by atoms with van der Waals surface area (Å²) in [6.07, 6.45) is 3.97. The van der Waals surface area contributed by atoms with Crippen LogP contribution in [0.4, 0.5) is 5.95 Å². The van der Waals surface area contributed by atoms with Crippen LogP contribution in [0, 0.1) is 11.8 Å². The number of ether oxygens (including phenoxy) is 1. The average Bonchev–Trinajstić information content (AvgIpc) is 2.97. The molecule has 1 aliphatic rings. The number of nitrogen functional groups attached to an aromatic ring is 1. The molecule has 0 bridgehead atoms. The van der Waals surface area contributed by atoms with Gasteiger partial charge in [0.1, 0.15) is 11.3 Å². The molecule has 2 aromatic rings. The predicted molar refractivity (Wildman–Crippen MR) is 81.8 cm³/mol. The Labute approximate surface area is 119 Å². The van der Waals surface area contributed by atoms with Crippen LogP contribution >= 0.6 is 0 Å². The minimum atomic E-state index is 0.603. The number of fused-ring (bicyclic) bond motifs is 1. The first-order valence-corrected chi connectivity index (χ1v) is 7.58. The van der Waals surface area contributed by atoms with E-state index in [0.29, 0.717) is 18.5 Å². The zero-order chi connectivity index (χ0) is 14.1. The Morgan fingerprint density at radius 3 is 2.95 bits per heavy atom. The van der Waals surface area contributed by atoms with Gasteiger partial charge in [0.15, 0.2) is 0 Å². The number of hydrogen-bond acceptors (Lipinski definition) is 3. The fraction of sp³-hybridized carbons (Fsp3) is 0.562. The van der Waals surface area contributed by atoms with Crippen molar-refractivity contribution in [3.05, 3.63) is 18.2 Å². The Balaban J connectivity index is 1.98. The molecule has 2 unspecified atom stereocenters. The molecular weight excluding hydrogens is 250 g/mol. The van der Waals surface area contributed by atoms with E-state index in [1.54, 1.807) is 0 Å². The van der Waals surface area contributed by atoms with Crippen molar-refractivity contribution in [1.82, 2.24) is 9.55 Å². The molecular formula is C16H23N3O. The van der Waals surface area contributed by atoms with E-state index >= 15 is 0 Å². The molecule has 1 saturated carbocycles. The van der Waals surface area contributed by atoms with Gasteiger partial charge in [-0.2, -0.15) is 0 Å². The molecule has 108 valence electrons. The molecule has 3 rings (SSSR count). The number of hydrogen-bond donors (Lipinski definition) is 1. The fourth-order valence-corrected chi connectivity index (χ4v) is 3.33. The van der Waals surface area contributed by atoms with E-state index in [-0.39, 0.29) is 0 Å². The molecule has 1 aromatic heterocycles. The van der Waals surface area contributed by atoms with Crippen molar-refractivity contribution in [3.8, 4) is 5.75 Å². The summed E-state index contributed by atoms with van der Waals surface area (Å²) in [5, 5.41) is 0. The summed E-state index contributed by atoms with van der Waals surface area (Å²) in [5.74, 6) is 2.92. The van der Waals surface area contributed by atoms with Crippen LogP contribution in [-0.2, 0) is 6.54 Å². The number of anilines is 1. The summed E-state index contributed by atoms with van der Waals surface area (Å²) < 4.78 is 7.80. The predicted octanol–water partition coefficient (Wildman–Crippen LogP) is 3.45. The van der Waals surface area contributed by atoms with Crippen LogP contribution in [0.1, 0.15) is 33.1 Å². The Morgan fingerprint density at radius 2 is 2.25 bits per heavy atom. The summed E-state index contributed by atoms with van der Waals surface area (Å²) in [7, 11) is 0. The van der Waals surface area contributed by atoms with Gasteiger partial charge in [0.05, 0.1) is 12.1 Å². The molecule has 2 atom stereocenters. The molecule has 2 N–H and O–H groups in total. The summed E-state index contributed by atoms with van der Waals surface area (Å²) in [5.41, 5.74) is 8.12. The lowest BCUT2D eigenvalue weighted by Gasteiger charge is -2.17. The van der Waals surface area contributed by atoms with Crippen molar-refractivity contribution in [1.29, 1.82) is 0 Å². The highest BCUT2D eigenvalue weighted by molar-refractivity contribution is 5.84. The summed E-state index contributed by atoms with van der Waals surface area (Å²) in [6.45, 7) is 5.95. The van der Waals surface area contributed by atoms with Crippen LogP contribution in [0.2, 0.25) is 0 Å². The Morgan fingerprint density at radius 1 is 1.40 bits per heavy atom. The molecule has 1 fully saturated rings. The number of rotatable bonds is 4. The minimum absolute atomic E-state index is 0.603. The number of nitrogens with zero attached hydrogens (tertiary/aromatic N) is 2. The molecule has 20 heavy (non-hydrogen) atoms. The largest absolute Gasteiger partial charge is 0.492 e. The quantitative estimate of drug-likeness (QED) is 0.928. The first-order valence-electron chi connectivity index (χ1n) is 7.58. The van der Waals surface area contributed by atoms with E-state index in [1.165, 1.54) is 19.3 Å². The zero-order valence-electron chi connectivity index (χ0n) is 12.3. The number of aromatic nitrogens is 2. The Hall–Kier alpha value is -1.71. The molecule has 4 heteroatoms. The highest BCUT2D eigenvalue weighted by Crippen LogP contribution is 2.35. The summed E-state index contributed by atoms with van der Waals surface area (Å²) >= 11 is 0. The summed E-state index contributed by atoms with van der Waals surface area (Å²) in [4.78, 5) is 4.51. The minimum Gasteiger partial charge on any atom is -0.492 e. The normalized spacial score (nSPS) is 22.5. The first kappa shape index (κ1) is 13.3. The lowest BCUT2D eigenvalue weighted by molar-refractivity contribution is 0.343. The van der Waals surface area contributed by atoms with E-state index in [9.17, 15) is 0 Å². The highest BCUT2D eigenvalue weighted by atomic mass is 16.5. The van der Waals surface area contributed by atoms with Gasteiger partial charge >= 0.3 is 0 Å². The molecule has 0 amide bonds. The number of benzene rings is 1. The van der Waals surface area contributed by atoms with Crippen molar-refractivity contribution in [2.75, 3.05) is 12.3 Å². The number of nitrogens with two attached hydrogens (primary N) is 1. The molecule has 0 radical (unpaired) electrons. The van der Waals surface area contributed by atoms with Crippen molar-refractivity contribution < 1.29 is 4.74 Å². The Kier molecular flexibility index (Phi) is 3.55. The highest BCUT2D eigenvalue weighted by Gasteiger charge is 2.25. The summed E-state index contributed by atoms with van der Waals surface area (Å²) in [6, 6.07) is 6.06. The van der Waals surface area contributed by atoms with E-state index in [0.717, 1.165) is 29.2 Å². The maximum absolute atomic E-state index is 6.14. The first-order chi connectivity index (χ1) is 9.70. The van der Waals surface area contributed by atoms with Gasteiger partial charge in [-0.05, 0) is 37.3 Å². The zero-order valence-corrected chi connectivity index (χ0v) is 12.3. The van der Waals surface area contributed by atoms with Gasteiger partial charge in [-0.3, -0.25) is 0 Å². The standard InChI is InChI=1S/C16H23N3O/c1-3-20-14-9-5-8-13-15(14)18-16(17)19(13)10-12-7-4-6-11(12)2/h5,8-9,11-12H,3-4,6-7,10H2,1-2H3,(H2,17,18). The van der Waals surface area contributed by atoms with Gasteiger partial charge < -0.3 is 15.0 Å². The Bertz CT molecular complexity index is 605. The van der Waals surface area contributed by atoms with Crippen LogP contribution in [0.3, 0.4) is 0 Å². The van der Waals surface area contributed by atoms with Gasteiger partial charge in [-0.15, -0.1) is 0 Å². The second-order valence-corrected chi connectivity index (χ2v) is 5.81. The van der Waals surface area contributed by atoms with Crippen molar-refractivity contribution >= 4 is 17.0 Å². The average molecular weight is 273 g/mol. The molecule has 1 aliphatic carbocycles. The van der Waals surface area contributed by atoms with Gasteiger partial charge in [0, 0.05) is 6.54 Å². The molecule has 0 saturated heterocycles. The van der Waals surface area contributed by atoms with Crippen LogP contribution in [0.15, 0.2) is 18.2 Å². The lowest BCUT2D eigenvalue weighted by atomic mass is 9.98. The van der Waals surface area contributed by atoms with Crippen molar-refractivity contribution in [2.45, 2.75) is 39.7 Å². The molecule has 4 nitrogen and oxygen atoms in total. The molecule has 1 heterocycles. The smallest absolute Gasteiger partial charge is 0.201 e. The second-order valence-electron chi connectivity index (χ2n) is 5.81. The third-order valence-electron chi connectivity index (χ3n) is 4.53. The van der Waals surface area contributed by atoms with E-state index in [1.807, 2.05) is 19.1 Å². The van der Waals surface area contributed by atoms with Gasteiger partial charge in [0.2, 0.25) is 5.95 Å². The number of para-hydroxylation sites is 1. The maximum Gasteiger partial charge on any atom is 0.201 e. The van der Waals surface area contributed by atoms with Crippen molar-refractivity contribution in [2.24, 2.45) is 11.8 Å². The van der Waals surface area contributed by atoms with E-state index in [4.69, 9.17) is 10.5 Å². The molecule has 1 aromatic carbocycles. The third kappa shape index (κ3) is 2.23. The molecule has 0 aliphatic heterocycles. The third-order valence-corrected chi connectivity index (χ3v) is 4.53. The van der Waals surface area contributed by atoms with Gasteiger partial charge in [-0.1, -0.05) is 25.8 Å². The number of imidazole rings is 1. The van der Waals surface area contributed by atoms with Gasteiger partial charge in [-0.25, -0.2) is 4.98 Å². The monoisotopic (exact) mass is 273 g/mol. The topological polar surface area (TPSA) is 53.1 Å². The van der Waals surface area contributed by atoms with Crippen molar-refractivity contribution in [3.63, 3.8) is 0 Å². The fourth-order valence-electron chi connectivity index (χ4n) is 3.33. The van der Waals surface area contributed by atoms with Crippen LogP contribution in [-0.4, -0.2) is 16.2 Å². The van der Waals surface area contributed by atoms with Gasteiger partial charge in [0.25, 0.3) is 0 Å². The lowest BCUT2D eigenvalue weighted by Crippen LogP contribution is -2.14. The van der Waals surface area contributed by atoms with Crippen LogP contribution in [0.5, 0.6) is 5.75 Å². The van der Waals surface area contributed by atoms with E-state index < -0.39 is 0 Å². The van der Waals surface area contributed by atoms with E-state index in [2.05, 4.69) is 22.5 Å².